The minimum atomic E-state index is -4.61. The molecule has 0 saturated carbocycles. The van der Waals surface area contributed by atoms with Crippen molar-refractivity contribution in [1.29, 1.82) is 0 Å². The zero-order valence-corrected chi connectivity index (χ0v) is 31.9. The van der Waals surface area contributed by atoms with E-state index < -0.39 is 23.2 Å². The van der Waals surface area contributed by atoms with Crippen LogP contribution in [0.5, 0.6) is 5.75 Å². The van der Waals surface area contributed by atoms with Crippen molar-refractivity contribution in [3.8, 4) is 5.75 Å². The number of aromatic nitrogens is 6. The Morgan fingerprint density at radius 1 is 1.05 bits per heavy atom. The third kappa shape index (κ3) is 8.49. The van der Waals surface area contributed by atoms with E-state index in [-0.39, 0.29) is 54.3 Å². The second-order valence-electron chi connectivity index (χ2n) is 13.5. The van der Waals surface area contributed by atoms with Crippen LogP contribution < -0.4 is 20.5 Å². The van der Waals surface area contributed by atoms with Crippen LogP contribution in [0.3, 0.4) is 0 Å². The van der Waals surface area contributed by atoms with Gasteiger partial charge in [-0.1, -0.05) is 54.9 Å². The van der Waals surface area contributed by atoms with E-state index in [1.165, 1.54) is 10.8 Å². The van der Waals surface area contributed by atoms with Gasteiger partial charge in [-0.25, -0.2) is 9.97 Å². The topological polar surface area (TPSA) is 149 Å². The predicted octanol–water partition coefficient (Wildman–Crippen LogP) is 5.60. The molecule has 1 fully saturated rings. The Hall–Kier alpha value is -5.81. The van der Waals surface area contributed by atoms with E-state index in [0.29, 0.717) is 74.2 Å². The Kier molecular flexibility index (Phi) is 11.6. The van der Waals surface area contributed by atoms with E-state index in [0.717, 1.165) is 29.3 Å². The quantitative estimate of drug-likeness (QED) is 0.189. The fourth-order valence-electron chi connectivity index (χ4n) is 6.93. The molecule has 2 aliphatic rings. The molecule has 3 aromatic heterocycles. The summed E-state index contributed by atoms with van der Waals surface area (Å²) in [6, 6.07) is 12.2. The molecule has 7 rings (SSSR count). The highest BCUT2D eigenvalue weighted by Crippen LogP contribution is 2.34. The van der Waals surface area contributed by atoms with Crippen LogP contribution in [0.15, 0.2) is 65.7 Å². The molecule has 0 bridgehead atoms. The van der Waals surface area contributed by atoms with Crippen molar-refractivity contribution in [2.45, 2.75) is 52.4 Å². The molecule has 0 atom stereocenters. The van der Waals surface area contributed by atoms with E-state index >= 15 is 0 Å². The van der Waals surface area contributed by atoms with E-state index in [9.17, 15) is 27.6 Å². The summed E-state index contributed by atoms with van der Waals surface area (Å²) in [5, 5.41) is 6.92. The van der Waals surface area contributed by atoms with E-state index in [1.54, 1.807) is 16.4 Å². The molecular weight excluding hydrogens is 767 g/mol. The molecule has 298 valence electrons. The number of aryl methyl sites for hydroxylation is 1. The molecular formula is C39H39ClF3N9O5. The van der Waals surface area contributed by atoms with Crippen LogP contribution in [0.1, 0.15) is 58.6 Å². The second-order valence-corrected chi connectivity index (χ2v) is 13.9. The number of hydrogen-bond donors (Lipinski definition) is 1. The largest absolute Gasteiger partial charge is 0.485 e. The van der Waals surface area contributed by atoms with Gasteiger partial charge in [-0.05, 0) is 55.5 Å². The predicted molar refractivity (Wildman–Crippen MR) is 205 cm³/mol. The summed E-state index contributed by atoms with van der Waals surface area (Å²) in [7, 11) is 0. The molecule has 18 heteroatoms. The van der Waals surface area contributed by atoms with Gasteiger partial charge in [0, 0.05) is 26.2 Å². The molecule has 0 radical (unpaired) electrons. The van der Waals surface area contributed by atoms with E-state index in [4.69, 9.17) is 26.1 Å². The molecule has 1 N–H and O–H groups in total. The van der Waals surface area contributed by atoms with Crippen molar-refractivity contribution in [1.82, 2.24) is 34.0 Å². The van der Waals surface area contributed by atoms with Crippen molar-refractivity contribution in [3.05, 3.63) is 110 Å². The zero-order valence-electron chi connectivity index (χ0n) is 31.2. The number of rotatable bonds is 10. The Morgan fingerprint density at radius 2 is 1.86 bits per heavy atom. The van der Waals surface area contributed by atoms with Crippen LogP contribution in [-0.2, 0) is 35.3 Å². The Morgan fingerprint density at radius 3 is 2.58 bits per heavy atom. The van der Waals surface area contributed by atoms with Crippen molar-refractivity contribution in [2.24, 2.45) is 0 Å². The van der Waals surface area contributed by atoms with Gasteiger partial charge in [0.15, 0.2) is 17.3 Å². The number of benzene rings is 2. The number of anilines is 2. The second kappa shape index (κ2) is 16.7. The van der Waals surface area contributed by atoms with Gasteiger partial charge in [0.2, 0.25) is 11.7 Å². The van der Waals surface area contributed by atoms with Crippen LogP contribution in [0.25, 0.3) is 11.4 Å². The number of halogens is 4. The maximum atomic E-state index is 14.4. The average molecular weight is 806 g/mol. The Labute approximate surface area is 329 Å². The smallest absolute Gasteiger partial charge is 0.416 e. The number of carbonyl (C=O) groups is 2. The molecule has 0 aliphatic carbocycles. The molecule has 2 aromatic carbocycles. The number of ether oxygens (including phenoxy) is 2. The average Bonchev–Trinajstić information content (AvgIpc) is 3.52. The number of fused-ring (bicyclic) bond motifs is 1. The molecule has 0 unspecified atom stereocenters. The lowest BCUT2D eigenvalue weighted by molar-refractivity contribution is -0.137. The standard InChI is InChI=1S/C39H39ClF3N9O5/c1-3-30-33(49-14-7-15-50(17-16-49)36(54)32-34(24(2)44-23-45-32)57-22-25-8-5-4-6-9-25)37(55)52-38(47-35(48-52)26-12-18-56-19-13-26)51(30)21-31(53)46-29-11-10-27(20-28(29)40)39(41,42)43/h4-6,8-12,20,23H,3,7,13-19,21-22H2,1-2H3,(H,46,53). The van der Waals surface area contributed by atoms with Gasteiger partial charge in [-0.3, -0.25) is 14.4 Å². The van der Waals surface area contributed by atoms with Crippen LogP contribution in [-0.4, -0.2) is 85.2 Å². The monoisotopic (exact) mass is 805 g/mol. The highest BCUT2D eigenvalue weighted by Gasteiger charge is 2.32. The Balaban J connectivity index is 1.19. The first-order chi connectivity index (χ1) is 27.4. The highest BCUT2D eigenvalue weighted by atomic mass is 35.5. The number of nitrogens with zero attached hydrogens (tertiary/aromatic N) is 8. The molecule has 2 aliphatic heterocycles. The first-order valence-electron chi connectivity index (χ1n) is 18.4. The Bertz CT molecular complexity index is 2400. The molecule has 1 saturated heterocycles. The van der Waals surface area contributed by atoms with Gasteiger partial charge in [0.25, 0.3) is 11.5 Å². The highest BCUT2D eigenvalue weighted by molar-refractivity contribution is 6.33. The molecule has 2 amide bonds. The summed E-state index contributed by atoms with van der Waals surface area (Å²) >= 11 is 6.16. The van der Waals surface area contributed by atoms with Gasteiger partial charge in [0.1, 0.15) is 25.2 Å². The number of hydrogen-bond acceptors (Lipinski definition) is 10. The summed E-state index contributed by atoms with van der Waals surface area (Å²) in [5.41, 5.74) is 1.74. The van der Waals surface area contributed by atoms with Crippen LogP contribution >= 0.6 is 11.6 Å². The van der Waals surface area contributed by atoms with Gasteiger partial charge in [-0.15, -0.1) is 5.10 Å². The van der Waals surface area contributed by atoms with Crippen molar-refractivity contribution < 1.29 is 32.2 Å². The number of amides is 2. The third-order valence-electron chi connectivity index (χ3n) is 9.79. The summed E-state index contributed by atoms with van der Waals surface area (Å²) in [5.74, 6) is -0.224. The SMILES string of the molecule is CCc1c(N2CCCN(C(=O)c3ncnc(C)c3OCc3ccccc3)CC2)c(=O)n2nc(C3=CCOCC3)nc2n1CC(=O)Nc1ccc(C(F)(F)F)cc1Cl. The minimum absolute atomic E-state index is 0.00991. The summed E-state index contributed by atoms with van der Waals surface area (Å²) in [6.45, 7) is 5.53. The van der Waals surface area contributed by atoms with Crippen LogP contribution in [0.4, 0.5) is 24.5 Å². The molecule has 57 heavy (non-hydrogen) atoms. The first-order valence-corrected chi connectivity index (χ1v) is 18.8. The third-order valence-corrected chi connectivity index (χ3v) is 10.1. The van der Waals surface area contributed by atoms with Gasteiger partial charge < -0.3 is 29.2 Å². The van der Waals surface area contributed by atoms with Crippen molar-refractivity contribution in [3.63, 3.8) is 0 Å². The van der Waals surface area contributed by atoms with Crippen molar-refractivity contribution in [2.75, 3.05) is 49.6 Å². The zero-order chi connectivity index (χ0) is 40.3. The lowest BCUT2D eigenvalue weighted by Crippen LogP contribution is -2.39. The maximum absolute atomic E-state index is 14.4. The molecule has 5 aromatic rings. The number of nitrogens with one attached hydrogen (secondary N) is 1. The molecule has 14 nitrogen and oxygen atoms in total. The number of carbonyl (C=O) groups excluding carboxylic acids is 2. The lowest BCUT2D eigenvalue weighted by Gasteiger charge is -2.27. The van der Waals surface area contributed by atoms with Crippen LogP contribution in [0.2, 0.25) is 5.02 Å². The van der Waals surface area contributed by atoms with Gasteiger partial charge in [0.05, 0.1) is 40.9 Å². The summed E-state index contributed by atoms with van der Waals surface area (Å²) in [4.78, 5) is 59.0. The minimum Gasteiger partial charge on any atom is -0.485 e. The molecule has 5 heterocycles. The first kappa shape index (κ1) is 39.4. The van der Waals surface area contributed by atoms with Gasteiger partial charge in [-0.2, -0.15) is 22.7 Å². The van der Waals surface area contributed by atoms with Crippen LogP contribution in [0, 0.1) is 6.92 Å². The van der Waals surface area contributed by atoms with Crippen molar-refractivity contribution >= 4 is 46.1 Å². The summed E-state index contributed by atoms with van der Waals surface area (Å²) < 4.78 is 54.2. The molecule has 0 spiro atoms. The summed E-state index contributed by atoms with van der Waals surface area (Å²) in [6.07, 6.45) is -0.123. The lowest BCUT2D eigenvalue weighted by atomic mass is 10.1. The normalized spacial score (nSPS) is 15.0. The fraction of sp³-hybridized carbons (Fsp3) is 0.359. The fourth-order valence-corrected chi connectivity index (χ4v) is 7.16. The van der Waals surface area contributed by atoms with E-state index in [2.05, 4.69) is 20.4 Å². The van der Waals surface area contributed by atoms with E-state index in [1.807, 2.05) is 48.2 Å². The number of alkyl halides is 3. The maximum Gasteiger partial charge on any atom is 0.416 e. The van der Waals surface area contributed by atoms with Gasteiger partial charge >= 0.3 is 6.18 Å².